The maximum absolute atomic E-state index is 13.4. The third kappa shape index (κ3) is 10.2. The number of benzene rings is 6. The molecule has 0 aliphatic heterocycles. The first kappa shape index (κ1) is 42.7. The number of nitriles is 2. The minimum Gasteiger partial charge on any atom is -0.497 e. The van der Waals surface area contributed by atoms with Gasteiger partial charge < -0.3 is 15.4 Å². The van der Waals surface area contributed by atoms with Gasteiger partial charge >= 0.3 is 0 Å². The molecule has 2 heterocycles. The Morgan fingerprint density at radius 1 is 0.500 bits per heavy atom. The van der Waals surface area contributed by atoms with Gasteiger partial charge in [-0.1, -0.05) is 151 Å². The smallest absolute Gasteiger partial charge is 0.234 e. The van der Waals surface area contributed by atoms with Crippen LogP contribution >= 0.6 is 23.5 Å². The summed E-state index contributed by atoms with van der Waals surface area (Å²) in [4.78, 5) is 36.2. The number of ether oxygens (including phenoxy) is 1. The molecule has 0 bridgehead atoms. The molecule has 0 spiro atoms. The summed E-state index contributed by atoms with van der Waals surface area (Å²) < 4.78 is 5.22. The molecule has 0 saturated carbocycles. The molecule has 0 fully saturated rings. The van der Waals surface area contributed by atoms with Gasteiger partial charge in [-0.3, -0.25) is 9.59 Å². The summed E-state index contributed by atoms with van der Waals surface area (Å²) in [5.41, 5.74) is 10.2. The molecule has 8 rings (SSSR count). The number of hydrogen-bond acceptors (Lipinski definition) is 9. The van der Waals surface area contributed by atoms with E-state index in [2.05, 4.69) is 22.8 Å². The Balaban J connectivity index is 0.991. The summed E-state index contributed by atoms with van der Waals surface area (Å²) in [5.74, 6) is 0.313. The van der Waals surface area contributed by atoms with Gasteiger partial charge in [-0.25, -0.2) is 9.97 Å². The second-order valence-corrected chi connectivity index (χ2v) is 16.3. The van der Waals surface area contributed by atoms with Crippen LogP contribution in [-0.2, 0) is 9.59 Å². The summed E-state index contributed by atoms with van der Waals surface area (Å²) in [6.45, 7) is 0. The third-order valence-electron chi connectivity index (χ3n) is 10.1. The largest absolute Gasteiger partial charge is 0.497 e. The molecular formula is C53H38N6O3S2. The van der Waals surface area contributed by atoms with E-state index in [0.717, 1.165) is 50.2 Å². The van der Waals surface area contributed by atoms with Crippen molar-refractivity contribution in [2.45, 2.75) is 10.1 Å². The third-order valence-corrected chi connectivity index (χ3v) is 12.1. The van der Waals surface area contributed by atoms with Crippen LogP contribution in [0.2, 0.25) is 0 Å². The summed E-state index contributed by atoms with van der Waals surface area (Å²) in [6, 6.07) is 60.3. The highest BCUT2D eigenvalue weighted by atomic mass is 32.2. The number of anilines is 2. The number of thioether (sulfide) groups is 2. The predicted molar refractivity (Wildman–Crippen MR) is 257 cm³/mol. The van der Waals surface area contributed by atoms with E-state index in [4.69, 9.17) is 14.7 Å². The zero-order valence-corrected chi connectivity index (χ0v) is 36.1. The highest BCUT2D eigenvalue weighted by Gasteiger charge is 2.19. The van der Waals surface area contributed by atoms with Gasteiger partial charge in [0.15, 0.2) is 0 Å². The molecular weight excluding hydrogens is 833 g/mol. The van der Waals surface area contributed by atoms with Crippen molar-refractivity contribution in [2.75, 3.05) is 29.2 Å². The molecule has 2 aromatic heterocycles. The van der Waals surface area contributed by atoms with E-state index < -0.39 is 0 Å². The first-order valence-corrected chi connectivity index (χ1v) is 22.1. The fourth-order valence-corrected chi connectivity index (χ4v) is 8.62. The van der Waals surface area contributed by atoms with Gasteiger partial charge in [-0.15, -0.1) is 0 Å². The quantitative estimate of drug-likeness (QED) is 0.102. The van der Waals surface area contributed by atoms with Gasteiger partial charge in [0.25, 0.3) is 0 Å². The monoisotopic (exact) mass is 870 g/mol. The minimum atomic E-state index is -0.234. The molecule has 0 aliphatic carbocycles. The molecule has 0 unspecified atom stereocenters. The standard InChI is InChI=1S/C53H38N6O3S2/c1-62-43-26-24-41(25-27-43)56-50(60)33-63-53-47(32-55)45(37-14-7-3-8-15-37)30-49(59-53)39-22-20-35(21-23-39)40-18-11-19-42(28-40)57-51(61)34-64-52-46(31-54)44(36-12-5-2-6-13-36)29-48(58-52)38-16-9-4-10-17-38/h2-30H,33-34H2,1H3,(H,56,60)(H,57,61). The summed E-state index contributed by atoms with van der Waals surface area (Å²) in [6.07, 6.45) is 0. The van der Waals surface area contributed by atoms with Gasteiger partial charge in [0.05, 0.1) is 41.1 Å². The molecule has 9 nitrogen and oxygen atoms in total. The highest BCUT2D eigenvalue weighted by Crippen LogP contribution is 2.37. The van der Waals surface area contributed by atoms with E-state index in [9.17, 15) is 20.1 Å². The number of rotatable bonds is 14. The fraction of sp³-hybridized carbons (Fsp3) is 0.0566. The van der Waals surface area contributed by atoms with Gasteiger partial charge in [0.2, 0.25) is 11.8 Å². The number of aromatic nitrogens is 2. The second-order valence-electron chi connectivity index (χ2n) is 14.4. The average Bonchev–Trinajstić information content (AvgIpc) is 3.35. The Kier molecular flexibility index (Phi) is 13.5. The molecule has 2 N–H and O–H groups in total. The van der Waals surface area contributed by atoms with Gasteiger partial charge in [-0.05, 0) is 70.8 Å². The lowest BCUT2D eigenvalue weighted by Gasteiger charge is -2.13. The fourth-order valence-electron chi connectivity index (χ4n) is 7.01. The lowest BCUT2D eigenvalue weighted by atomic mass is 9.98. The summed E-state index contributed by atoms with van der Waals surface area (Å²) in [7, 11) is 1.58. The number of nitrogens with one attached hydrogen (secondary N) is 2. The van der Waals surface area contributed by atoms with Gasteiger partial charge in [-0.2, -0.15) is 10.5 Å². The van der Waals surface area contributed by atoms with Crippen molar-refractivity contribution >= 4 is 46.7 Å². The Morgan fingerprint density at radius 2 is 0.938 bits per heavy atom. The molecule has 6 aromatic carbocycles. The number of pyridine rings is 2. The molecule has 64 heavy (non-hydrogen) atoms. The van der Waals surface area contributed by atoms with Crippen molar-refractivity contribution in [3.63, 3.8) is 0 Å². The average molecular weight is 871 g/mol. The van der Waals surface area contributed by atoms with Crippen molar-refractivity contribution in [3.05, 3.63) is 187 Å². The molecule has 0 saturated heterocycles. The summed E-state index contributed by atoms with van der Waals surface area (Å²) in [5, 5.41) is 27.5. The van der Waals surface area contributed by atoms with E-state index >= 15 is 0 Å². The van der Waals surface area contributed by atoms with E-state index in [0.29, 0.717) is 44.0 Å². The maximum Gasteiger partial charge on any atom is 0.234 e. The zero-order chi connectivity index (χ0) is 44.3. The topological polar surface area (TPSA) is 141 Å². The van der Waals surface area contributed by atoms with Crippen LogP contribution in [0.25, 0.3) is 55.9 Å². The first-order valence-electron chi connectivity index (χ1n) is 20.2. The number of carbonyl (C=O) groups is 2. The van der Waals surface area contributed by atoms with E-state index in [1.807, 2.05) is 152 Å². The van der Waals surface area contributed by atoms with Crippen LogP contribution in [0, 0.1) is 22.7 Å². The second kappa shape index (κ2) is 20.3. The summed E-state index contributed by atoms with van der Waals surface area (Å²) >= 11 is 2.44. The SMILES string of the molecule is COc1ccc(NC(=O)CSc2nc(-c3ccc(-c4cccc(NC(=O)CSc5nc(-c6ccccc6)cc(-c6ccccc6)c5C#N)c4)cc3)cc(-c3ccccc3)c2C#N)cc1. The van der Waals surface area contributed by atoms with Crippen molar-refractivity contribution in [1.82, 2.24) is 9.97 Å². The molecule has 8 aromatic rings. The Bertz CT molecular complexity index is 3030. The first-order chi connectivity index (χ1) is 31.4. The molecule has 11 heteroatoms. The van der Waals surface area contributed by atoms with Crippen LogP contribution < -0.4 is 15.4 Å². The zero-order valence-electron chi connectivity index (χ0n) is 34.5. The Hall–Kier alpha value is -7.96. The van der Waals surface area contributed by atoms with Gasteiger partial charge in [0, 0.05) is 33.6 Å². The van der Waals surface area contributed by atoms with E-state index in [-0.39, 0.29) is 23.3 Å². The number of amides is 2. The highest BCUT2D eigenvalue weighted by molar-refractivity contribution is 8.00. The molecule has 0 atom stereocenters. The lowest BCUT2D eigenvalue weighted by Crippen LogP contribution is -2.14. The Labute approximate surface area is 379 Å². The molecule has 0 radical (unpaired) electrons. The van der Waals surface area contributed by atoms with Crippen LogP contribution in [0.1, 0.15) is 11.1 Å². The normalized spacial score (nSPS) is 10.6. The van der Waals surface area contributed by atoms with Crippen LogP contribution in [0.3, 0.4) is 0 Å². The van der Waals surface area contributed by atoms with Crippen LogP contribution in [0.4, 0.5) is 11.4 Å². The van der Waals surface area contributed by atoms with Crippen molar-refractivity contribution in [3.8, 4) is 73.8 Å². The number of methoxy groups -OCH3 is 1. The molecule has 2 amide bonds. The maximum atomic E-state index is 13.4. The van der Waals surface area contributed by atoms with Crippen molar-refractivity contribution < 1.29 is 14.3 Å². The number of nitrogens with zero attached hydrogens (tertiary/aromatic N) is 4. The Morgan fingerprint density at radius 3 is 1.42 bits per heavy atom. The molecule has 310 valence electrons. The van der Waals surface area contributed by atoms with Crippen LogP contribution in [0.5, 0.6) is 5.75 Å². The minimum absolute atomic E-state index is 0.0449. The van der Waals surface area contributed by atoms with Gasteiger partial charge in [0.1, 0.15) is 27.9 Å². The van der Waals surface area contributed by atoms with Crippen molar-refractivity contribution in [1.29, 1.82) is 10.5 Å². The lowest BCUT2D eigenvalue weighted by molar-refractivity contribution is -0.114. The predicted octanol–water partition coefficient (Wildman–Crippen LogP) is 12.0. The van der Waals surface area contributed by atoms with E-state index in [1.54, 1.807) is 31.4 Å². The number of hydrogen-bond donors (Lipinski definition) is 2. The van der Waals surface area contributed by atoms with E-state index in [1.165, 1.54) is 23.5 Å². The number of carbonyl (C=O) groups excluding carboxylic acids is 2. The van der Waals surface area contributed by atoms with Crippen molar-refractivity contribution in [2.24, 2.45) is 0 Å². The van der Waals surface area contributed by atoms with Crippen LogP contribution in [0.15, 0.2) is 186 Å². The van der Waals surface area contributed by atoms with Crippen LogP contribution in [-0.4, -0.2) is 40.4 Å². The molecule has 0 aliphatic rings.